The molecule has 0 aliphatic carbocycles. The van der Waals surface area contributed by atoms with Crippen LogP contribution >= 0.6 is 11.6 Å². The summed E-state index contributed by atoms with van der Waals surface area (Å²) < 4.78 is 0. The van der Waals surface area contributed by atoms with E-state index in [1.54, 1.807) is 12.4 Å². The summed E-state index contributed by atoms with van der Waals surface area (Å²) in [5, 5.41) is 0.732. The number of likely N-dealkylation sites (tertiary alicyclic amines) is 1. The normalized spacial score (nSPS) is 19.3. The molecule has 1 saturated heterocycles. The standard InChI is InChI=1S/C24H24ClN3O/c25-22-6-2-4-19(14-22)16-28-12-9-24(17-28,23(26)29)15-18-3-1-5-21(13-18)20-7-10-27-11-8-20/h1-8,10-11,13-14H,9,12,15-17H2,(H2,26,29). The molecule has 29 heavy (non-hydrogen) atoms. The van der Waals surface area contributed by atoms with Gasteiger partial charge in [-0.1, -0.05) is 48.0 Å². The highest BCUT2D eigenvalue weighted by molar-refractivity contribution is 6.30. The first-order valence-corrected chi connectivity index (χ1v) is 10.2. The second kappa shape index (κ2) is 8.36. The Morgan fingerprint density at radius 2 is 1.79 bits per heavy atom. The van der Waals surface area contributed by atoms with Crippen LogP contribution in [0.15, 0.2) is 73.1 Å². The van der Waals surface area contributed by atoms with Gasteiger partial charge in [0.25, 0.3) is 0 Å². The molecule has 1 unspecified atom stereocenters. The molecule has 1 amide bonds. The van der Waals surface area contributed by atoms with E-state index in [1.165, 1.54) is 0 Å². The average molecular weight is 406 g/mol. The molecular weight excluding hydrogens is 382 g/mol. The lowest BCUT2D eigenvalue weighted by Crippen LogP contribution is -2.41. The van der Waals surface area contributed by atoms with E-state index in [0.717, 1.165) is 46.8 Å². The van der Waals surface area contributed by atoms with Crippen LogP contribution in [0.25, 0.3) is 11.1 Å². The lowest BCUT2D eigenvalue weighted by molar-refractivity contribution is -0.127. The molecule has 1 aliphatic heterocycles. The molecule has 2 heterocycles. The highest BCUT2D eigenvalue weighted by Gasteiger charge is 2.43. The smallest absolute Gasteiger partial charge is 0.225 e. The molecule has 148 valence electrons. The van der Waals surface area contributed by atoms with E-state index in [4.69, 9.17) is 17.3 Å². The van der Waals surface area contributed by atoms with Gasteiger partial charge in [0.15, 0.2) is 0 Å². The Morgan fingerprint density at radius 1 is 1.03 bits per heavy atom. The second-order valence-electron chi connectivity index (χ2n) is 7.85. The summed E-state index contributed by atoms with van der Waals surface area (Å²) in [6.07, 6.45) is 4.99. The van der Waals surface area contributed by atoms with Gasteiger partial charge in [-0.3, -0.25) is 14.7 Å². The third-order valence-electron chi connectivity index (χ3n) is 5.73. The third-order valence-corrected chi connectivity index (χ3v) is 5.97. The zero-order valence-electron chi connectivity index (χ0n) is 16.2. The van der Waals surface area contributed by atoms with Crippen molar-refractivity contribution in [1.82, 2.24) is 9.88 Å². The quantitative estimate of drug-likeness (QED) is 0.664. The zero-order valence-corrected chi connectivity index (χ0v) is 17.0. The third kappa shape index (κ3) is 4.50. The van der Waals surface area contributed by atoms with E-state index in [1.807, 2.05) is 36.4 Å². The molecule has 1 fully saturated rings. The number of hydrogen-bond donors (Lipinski definition) is 1. The first-order valence-electron chi connectivity index (χ1n) is 9.80. The monoisotopic (exact) mass is 405 g/mol. The number of aromatic nitrogens is 1. The van der Waals surface area contributed by atoms with Gasteiger partial charge in [0.2, 0.25) is 5.91 Å². The first kappa shape index (κ1) is 19.6. The van der Waals surface area contributed by atoms with Crippen LogP contribution in [-0.2, 0) is 17.8 Å². The van der Waals surface area contributed by atoms with Crippen molar-refractivity contribution in [1.29, 1.82) is 0 Å². The molecule has 1 atom stereocenters. The minimum atomic E-state index is -0.546. The van der Waals surface area contributed by atoms with E-state index in [9.17, 15) is 4.79 Å². The molecule has 2 N–H and O–H groups in total. The number of hydrogen-bond acceptors (Lipinski definition) is 3. The Bertz CT molecular complexity index is 1010. The zero-order chi connectivity index (χ0) is 20.3. The predicted octanol–water partition coefficient (Wildman–Crippen LogP) is 4.32. The predicted molar refractivity (Wildman–Crippen MR) is 116 cm³/mol. The molecule has 1 aromatic heterocycles. The van der Waals surface area contributed by atoms with Crippen molar-refractivity contribution < 1.29 is 4.79 Å². The van der Waals surface area contributed by atoms with Gasteiger partial charge in [-0.25, -0.2) is 0 Å². The van der Waals surface area contributed by atoms with Crippen LogP contribution in [-0.4, -0.2) is 28.9 Å². The van der Waals surface area contributed by atoms with Crippen molar-refractivity contribution in [3.05, 3.63) is 89.2 Å². The molecule has 0 saturated carbocycles. The molecule has 3 aromatic rings. The van der Waals surface area contributed by atoms with Gasteiger partial charge in [0, 0.05) is 30.5 Å². The lowest BCUT2D eigenvalue weighted by Gasteiger charge is -2.26. The summed E-state index contributed by atoms with van der Waals surface area (Å²) in [6.45, 7) is 2.28. The maximum atomic E-state index is 12.5. The molecule has 0 radical (unpaired) electrons. The van der Waals surface area contributed by atoms with Gasteiger partial charge < -0.3 is 5.73 Å². The van der Waals surface area contributed by atoms with Crippen LogP contribution in [0.2, 0.25) is 5.02 Å². The van der Waals surface area contributed by atoms with E-state index in [0.29, 0.717) is 13.0 Å². The maximum Gasteiger partial charge on any atom is 0.225 e. The van der Waals surface area contributed by atoms with Crippen LogP contribution in [0.1, 0.15) is 17.5 Å². The number of amides is 1. The number of benzene rings is 2. The van der Waals surface area contributed by atoms with Gasteiger partial charge in [0.05, 0.1) is 5.41 Å². The van der Waals surface area contributed by atoms with Crippen molar-refractivity contribution in [2.45, 2.75) is 19.4 Å². The van der Waals surface area contributed by atoms with Gasteiger partial charge in [-0.15, -0.1) is 0 Å². The van der Waals surface area contributed by atoms with Crippen molar-refractivity contribution >= 4 is 17.5 Å². The Morgan fingerprint density at radius 3 is 2.55 bits per heavy atom. The number of primary amides is 1. The number of halogens is 1. The summed E-state index contributed by atoms with van der Waals surface area (Å²) in [5.74, 6) is -0.222. The maximum absolute atomic E-state index is 12.5. The largest absolute Gasteiger partial charge is 0.369 e. The summed E-state index contributed by atoms with van der Waals surface area (Å²) in [7, 11) is 0. The fraction of sp³-hybridized carbons (Fsp3) is 0.250. The van der Waals surface area contributed by atoms with Crippen molar-refractivity contribution in [2.24, 2.45) is 11.1 Å². The molecule has 2 aromatic carbocycles. The Kier molecular flexibility index (Phi) is 5.65. The molecule has 4 nitrogen and oxygen atoms in total. The van der Waals surface area contributed by atoms with Crippen molar-refractivity contribution in [3.63, 3.8) is 0 Å². The number of nitrogens with zero attached hydrogens (tertiary/aromatic N) is 2. The van der Waals surface area contributed by atoms with E-state index < -0.39 is 5.41 Å². The van der Waals surface area contributed by atoms with E-state index in [-0.39, 0.29) is 5.91 Å². The minimum absolute atomic E-state index is 0.222. The first-order chi connectivity index (χ1) is 14.0. The van der Waals surface area contributed by atoms with E-state index in [2.05, 4.69) is 34.1 Å². The van der Waals surface area contributed by atoms with Gasteiger partial charge in [-0.2, -0.15) is 0 Å². The summed E-state index contributed by atoms with van der Waals surface area (Å²) in [6, 6.07) is 20.2. The highest BCUT2D eigenvalue weighted by Crippen LogP contribution is 2.35. The SMILES string of the molecule is NC(=O)C1(Cc2cccc(-c3ccncc3)c2)CCN(Cc2cccc(Cl)c2)C1. The van der Waals surface area contributed by atoms with Crippen molar-refractivity contribution in [2.75, 3.05) is 13.1 Å². The highest BCUT2D eigenvalue weighted by atomic mass is 35.5. The van der Waals surface area contributed by atoms with Gasteiger partial charge >= 0.3 is 0 Å². The molecule has 0 bridgehead atoms. The summed E-state index contributed by atoms with van der Waals surface area (Å²) in [5.41, 5.74) is 9.88. The Balaban J connectivity index is 1.52. The van der Waals surface area contributed by atoms with Gasteiger partial charge in [0.1, 0.15) is 0 Å². The van der Waals surface area contributed by atoms with Crippen LogP contribution in [0.4, 0.5) is 0 Å². The topological polar surface area (TPSA) is 59.2 Å². The van der Waals surface area contributed by atoms with Crippen LogP contribution < -0.4 is 5.73 Å². The Hall–Kier alpha value is -2.69. The summed E-state index contributed by atoms with van der Waals surface area (Å²) >= 11 is 6.11. The fourth-order valence-electron chi connectivity index (χ4n) is 4.22. The summed E-state index contributed by atoms with van der Waals surface area (Å²) in [4.78, 5) is 18.9. The average Bonchev–Trinajstić information content (AvgIpc) is 3.13. The molecule has 4 rings (SSSR count). The van der Waals surface area contributed by atoms with Crippen LogP contribution in [0.5, 0.6) is 0 Å². The molecule has 0 spiro atoms. The molecule has 1 aliphatic rings. The van der Waals surface area contributed by atoms with Crippen molar-refractivity contribution in [3.8, 4) is 11.1 Å². The molecule has 5 heteroatoms. The minimum Gasteiger partial charge on any atom is -0.369 e. The molecular formula is C24H24ClN3O. The second-order valence-corrected chi connectivity index (χ2v) is 8.28. The van der Waals surface area contributed by atoms with E-state index >= 15 is 0 Å². The Labute approximate surface area is 176 Å². The van der Waals surface area contributed by atoms with Crippen LogP contribution in [0, 0.1) is 5.41 Å². The number of rotatable bonds is 6. The number of carbonyl (C=O) groups excluding carboxylic acids is 1. The number of nitrogens with two attached hydrogens (primary N) is 1. The van der Waals surface area contributed by atoms with Crippen LogP contribution in [0.3, 0.4) is 0 Å². The lowest BCUT2D eigenvalue weighted by atomic mass is 9.79. The fourth-order valence-corrected chi connectivity index (χ4v) is 4.43. The van der Waals surface area contributed by atoms with Gasteiger partial charge in [-0.05, 0) is 65.9 Å². The number of carbonyl (C=O) groups is 1. The number of pyridine rings is 1.